The molecule has 0 radical (unpaired) electrons. The Morgan fingerprint density at radius 3 is 2.76 bits per heavy atom. The molecule has 2 atom stereocenters. The molecule has 0 fully saturated rings. The van der Waals surface area contributed by atoms with Crippen molar-refractivity contribution in [2.24, 2.45) is 5.92 Å². The minimum atomic E-state index is -2.21. The fourth-order valence-electron chi connectivity index (χ4n) is 3.09. The fourth-order valence-corrected chi connectivity index (χ4v) is 3.09. The number of carbonyl (C=O) groups excluding carboxylic acids is 1. The number of aldehydes is 1. The van der Waals surface area contributed by atoms with Gasteiger partial charge in [-0.25, -0.2) is 0 Å². The highest BCUT2D eigenvalue weighted by Crippen LogP contribution is 2.42. The lowest BCUT2D eigenvalue weighted by Gasteiger charge is -2.31. The molecule has 130 valence electrons. The summed E-state index contributed by atoms with van der Waals surface area (Å²) in [6, 6.07) is 9.52. The first-order valence-corrected chi connectivity index (χ1v) is 8.33. The first-order valence-electron chi connectivity index (χ1n) is 8.33. The Morgan fingerprint density at radius 2 is 2.04 bits per heavy atom. The quantitative estimate of drug-likeness (QED) is 0.587. The van der Waals surface area contributed by atoms with Crippen LogP contribution in [0.2, 0.25) is 0 Å². The fraction of sp³-hybridized carbons (Fsp3) is 0.300. The van der Waals surface area contributed by atoms with Gasteiger partial charge in [0.2, 0.25) is 0 Å². The van der Waals surface area contributed by atoms with Gasteiger partial charge in [0.15, 0.2) is 5.76 Å². The molecule has 2 aromatic rings. The number of ether oxygens (including phenoxy) is 2. The molecule has 1 aliphatic rings. The summed E-state index contributed by atoms with van der Waals surface area (Å²) in [5, 5.41) is 1.79. The lowest BCUT2D eigenvalue weighted by molar-refractivity contribution is -0.112. The van der Waals surface area contributed by atoms with Gasteiger partial charge in [0.05, 0.1) is 18.2 Å². The lowest BCUT2D eigenvalue weighted by atomic mass is 9.86. The van der Waals surface area contributed by atoms with E-state index in [4.69, 9.17) is 9.47 Å². The van der Waals surface area contributed by atoms with Crippen LogP contribution in [0.15, 0.2) is 54.4 Å². The molecule has 5 heteroatoms. The number of hydrogen-bond acceptors (Lipinski definition) is 4. The van der Waals surface area contributed by atoms with Crippen LogP contribution < -0.4 is 0 Å². The monoisotopic (exact) mass is 341 g/mol. The lowest BCUT2D eigenvalue weighted by Crippen LogP contribution is -2.34. The number of aromatic nitrogens is 1. The molecule has 3 rings (SSSR count). The molecule has 0 bridgehead atoms. The van der Waals surface area contributed by atoms with Crippen LogP contribution >= 0.6 is 0 Å². The van der Waals surface area contributed by atoms with Crippen LogP contribution in [0, 0.1) is 5.92 Å². The van der Waals surface area contributed by atoms with E-state index in [0.717, 1.165) is 17.1 Å². The Hall–Kier alpha value is -2.53. The van der Waals surface area contributed by atoms with Gasteiger partial charge in [-0.3, -0.25) is 4.98 Å². The van der Waals surface area contributed by atoms with Gasteiger partial charge in [0.25, 0.3) is 5.85 Å². The second-order valence-corrected chi connectivity index (χ2v) is 5.66. The third-order valence-corrected chi connectivity index (χ3v) is 4.12. The van der Waals surface area contributed by atoms with Crippen LogP contribution in [0.3, 0.4) is 0 Å². The Kier molecular flexibility index (Phi) is 4.95. The van der Waals surface area contributed by atoms with E-state index in [1.54, 1.807) is 20.0 Å². The van der Waals surface area contributed by atoms with E-state index >= 15 is 4.39 Å². The van der Waals surface area contributed by atoms with E-state index in [1.165, 1.54) is 12.2 Å². The van der Waals surface area contributed by atoms with Crippen molar-refractivity contribution in [2.75, 3.05) is 13.2 Å². The second kappa shape index (κ2) is 7.15. The summed E-state index contributed by atoms with van der Waals surface area (Å²) < 4.78 is 26.4. The molecule has 1 heterocycles. The molecule has 2 unspecified atom stereocenters. The van der Waals surface area contributed by atoms with Gasteiger partial charge in [-0.2, -0.15) is 4.39 Å². The zero-order chi connectivity index (χ0) is 17.9. The van der Waals surface area contributed by atoms with E-state index in [2.05, 4.69) is 4.98 Å². The first-order chi connectivity index (χ1) is 12.1. The number of allylic oxidation sites excluding steroid dienone is 2. The molecular formula is C20H20FNO3. The summed E-state index contributed by atoms with van der Waals surface area (Å²) in [6.07, 6.45) is 5.16. The Bertz CT molecular complexity index is 840. The smallest absolute Gasteiger partial charge is 0.287 e. The van der Waals surface area contributed by atoms with Crippen LogP contribution in [0.4, 0.5) is 4.39 Å². The molecule has 0 amide bonds. The van der Waals surface area contributed by atoms with Crippen molar-refractivity contribution in [1.29, 1.82) is 0 Å². The maximum Gasteiger partial charge on any atom is 0.287 e. The van der Waals surface area contributed by atoms with Crippen molar-refractivity contribution in [3.63, 3.8) is 0 Å². The molecule has 1 aromatic heterocycles. The number of rotatable bonds is 6. The Morgan fingerprint density at radius 1 is 1.24 bits per heavy atom. The second-order valence-electron chi connectivity index (χ2n) is 5.66. The molecule has 0 saturated heterocycles. The van der Waals surface area contributed by atoms with Gasteiger partial charge in [-0.1, -0.05) is 30.3 Å². The summed E-state index contributed by atoms with van der Waals surface area (Å²) in [5.41, 5.74) is 0.942. The first kappa shape index (κ1) is 17.3. The van der Waals surface area contributed by atoms with Crippen molar-refractivity contribution in [1.82, 2.24) is 4.98 Å². The van der Waals surface area contributed by atoms with Gasteiger partial charge in [0.1, 0.15) is 6.29 Å². The Balaban J connectivity index is 2.30. The average Bonchev–Trinajstić information content (AvgIpc) is 2.63. The minimum Gasteiger partial charge on any atom is -0.491 e. The summed E-state index contributed by atoms with van der Waals surface area (Å²) in [5.74, 6) is -2.86. The summed E-state index contributed by atoms with van der Waals surface area (Å²) in [6.45, 7) is 3.89. The minimum absolute atomic E-state index is 0.000281. The number of halogens is 1. The molecule has 1 aliphatic carbocycles. The predicted octanol–water partition coefficient (Wildman–Crippen LogP) is 4.07. The van der Waals surface area contributed by atoms with Gasteiger partial charge < -0.3 is 14.3 Å². The van der Waals surface area contributed by atoms with Crippen LogP contribution in [-0.2, 0) is 14.3 Å². The SMILES string of the molecule is CCOC1=C(c2nccc3ccccc23)C(C=O)C=CC1(F)OCC. The third kappa shape index (κ3) is 3.07. The van der Waals surface area contributed by atoms with Crippen molar-refractivity contribution in [3.8, 4) is 0 Å². The van der Waals surface area contributed by atoms with Crippen LogP contribution in [0.25, 0.3) is 16.3 Å². The van der Waals surface area contributed by atoms with Crippen LogP contribution in [-0.4, -0.2) is 30.3 Å². The zero-order valence-corrected chi connectivity index (χ0v) is 14.2. The molecule has 1 aromatic carbocycles. The number of pyridine rings is 1. The van der Waals surface area contributed by atoms with E-state index in [0.29, 0.717) is 11.3 Å². The van der Waals surface area contributed by atoms with E-state index in [1.807, 2.05) is 30.3 Å². The Labute approximate surface area is 146 Å². The van der Waals surface area contributed by atoms with Crippen molar-refractivity contribution >= 4 is 22.6 Å². The summed E-state index contributed by atoms with van der Waals surface area (Å²) in [4.78, 5) is 16.1. The molecule has 25 heavy (non-hydrogen) atoms. The largest absolute Gasteiger partial charge is 0.491 e. The molecule has 0 saturated carbocycles. The number of nitrogens with zero attached hydrogens (tertiary/aromatic N) is 1. The van der Waals surface area contributed by atoms with Gasteiger partial charge in [-0.05, 0) is 31.4 Å². The topological polar surface area (TPSA) is 48.4 Å². The maximum atomic E-state index is 15.4. The van der Waals surface area contributed by atoms with Crippen LogP contribution in [0.5, 0.6) is 0 Å². The standard InChI is InChI=1S/C20H20FNO3/c1-3-24-19-17(15(13-23)9-11-20(19,21)25-4-2)18-16-8-6-5-7-14(16)10-12-22-18/h5-13,15H,3-4H2,1-2H3. The van der Waals surface area contributed by atoms with Gasteiger partial charge >= 0.3 is 0 Å². The summed E-state index contributed by atoms with van der Waals surface area (Å²) in [7, 11) is 0. The molecule has 0 N–H and O–H groups in total. The van der Waals surface area contributed by atoms with Gasteiger partial charge in [-0.15, -0.1) is 0 Å². The normalized spacial score (nSPS) is 23.1. The van der Waals surface area contributed by atoms with Gasteiger partial charge in [0, 0.05) is 23.8 Å². The summed E-state index contributed by atoms with van der Waals surface area (Å²) >= 11 is 0. The number of fused-ring (bicyclic) bond motifs is 1. The van der Waals surface area contributed by atoms with E-state index in [9.17, 15) is 4.79 Å². The van der Waals surface area contributed by atoms with E-state index in [-0.39, 0.29) is 19.0 Å². The highest BCUT2D eigenvalue weighted by Gasteiger charge is 2.42. The number of hydrogen-bond donors (Lipinski definition) is 0. The zero-order valence-electron chi connectivity index (χ0n) is 14.2. The highest BCUT2D eigenvalue weighted by atomic mass is 19.2. The molecule has 0 spiro atoms. The third-order valence-electron chi connectivity index (χ3n) is 4.12. The molecule has 4 nitrogen and oxygen atoms in total. The van der Waals surface area contributed by atoms with Crippen molar-refractivity contribution in [3.05, 3.63) is 60.1 Å². The van der Waals surface area contributed by atoms with E-state index < -0.39 is 11.8 Å². The van der Waals surface area contributed by atoms with Crippen molar-refractivity contribution in [2.45, 2.75) is 19.7 Å². The average molecular weight is 341 g/mol. The number of benzene rings is 1. The number of carbonyl (C=O) groups is 1. The molecular weight excluding hydrogens is 321 g/mol. The number of alkyl halides is 1. The maximum absolute atomic E-state index is 15.4. The predicted molar refractivity (Wildman–Crippen MR) is 94.4 cm³/mol. The molecule has 0 aliphatic heterocycles. The highest BCUT2D eigenvalue weighted by molar-refractivity contribution is 5.97. The van der Waals surface area contributed by atoms with Crippen LogP contribution in [0.1, 0.15) is 19.5 Å². The van der Waals surface area contributed by atoms with Crippen molar-refractivity contribution < 1.29 is 18.7 Å².